The standard InChI is InChI=1S/C14H18N4OS/c1-10(2)16-13-6-4-5-12(17-13)14(19)18(3)7-11-8-20-9-15-11/h4-6,8-10H,7H2,1-3H3,(H,16,17). The van der Waals surface area contributed by atoms with Gasteiger partial charge in [0.25, 0.3) is 5.91 Å². The van der Waals surface area contributed by atoms with E-state index in [0.717, 1.165) is 5.69 Å². The second-order valence-corrected chi connectivity index (χ2v) is 5.57. The summed E-state index contributed by atoms with van der Waals surface area (Å²) in [5, 5.41) is 5.13. The van der Waals surface area contributed by atoms with Gasteiger partial charge in [-0.3, -0.25) is 4.79 Å². The van der Waals surface area contributed by atoms with Crippen molar-refractivity contribution in [3.05, 3.63) is 40.5 Å². The van der Waals surface area contributed by atoms with E-state index < -0.39 is 0 Å². The van der Waals surface area contributed by atoms with Crippen LogP contribution in [0.3, 0.4) is 0 Å². The summed E-state index contributed by atoms with van der Waals surface area (Å²) < 4.78 is 0. The van der Waals surface area contributed by atoms with Crippen LogP contribution in [0.1, 0.15) is 30.0 Å². The number of hydrogen-bond donors (Lipinski definition) is 1. The molecule has 0 radical (unpaired) electrons. The first-order valence-corrected chi connectivity index (χ1v) is 7.36. The van der Waals surface area contributed by atoms with E-state index in [9.17, 15) is 4.79 Å². The van der Waals surface area contributed by atoms with Crippen LogP contribution in [0.5, 0.6) is 0 Å². The lowest BCUT2D eigenvalue weighted by Crippen LogP contribution is -2.27. The SMILES string of the molecule is CC(C)Nc1cccc(C(=O)N(C)Cc2cscn2)n1. The van der Waals surface area contributed by atoms with Gasteiger partial charge in [0, 0.05) is 18.5 Å². The van der Waals surface area contributed by atoms with Crippen molar-refractivity contribution in [3.63, 3.8) is 0 Å². The molecule has 5 nitrogen and oxygen atoms in total. The van der Waals surface area contributed by atoms with E-state index in [2.05, 4.69) is 15.3 Å². The third kappa shape index (κ3) is 3.77. The molecule has 0 saturated heterocycles. The molecule has 0 aliphatic rings. The molecule has 0 fully saturated rings. The Bertz CT molecular complexity index is 568. The van der Waals surface area contributed by atoms with E-state index >= 15 is 0 Å². The molecule has 2 heterocycles. The molecule has 2 rings (SSSR count). The first-order chi connectivity index (χ1) is 9.56. The maximum Gasteiger partial charge on any atom is 0.272 e. The summed E-state index contributed by atoms with van der Waals surface area (Å²) in [6, 6.07) is 5.70. The van der Waals surface area contributed by atoms with E-state index in [1.807, 2.05) is 31.4 Å². The van der Waals surface area contributed by atoms with Crippen LogP contribution >= 0.6 is 11.3 Å². The fraction of sp³-hybridized carbons (Fsp3) is 0.357. The third-order valence-corrected chi connectivity index (χ3v) is 3.27. The van der Waals surface area contributed by atoms with Crippen LogP contribution in [0.2, 0.25) is 0 Å². The number of amides is 1. The first-order valence-electron chi connectivity index (χ1n) is 6.42. The summed E-state index contributed by atoms with van der Waals surface area (Å²) in [5.41, 5.74) is 3.09. The Balaban J connectivity index is 2.08. The number of anilines is 1. The summed E-state index contributed by atoms with van der Waals surface area (Å²) in [7, 11) is 1.76. The molecule has 1 amide bonds. The van der Waals surface area contributed by atoms with Crippen LogP contribution < -0.4 is 5.32 Å². The van der Waals surface area contributed by atoms with Gasteiger partial charge in [-0.1, -0.05) is 6.07 Å². The Morgan fingerprint density at radius 2 is 2.25 bits per heavy atom. The number of carbonyl (C=O) groups is 1. The van der Waals surface area contributed by atoms with Gasteiger partial charge >= 0.3 is 0 Å². The van der Waals surface area contributed by atoms with Gasteiger partial charge in [-0.05, 0) is 26.0 Å². The number of rotatable bonds is 5. The lowest BCUT2D eigenvalue weighted by atomic mass is 10.3. The summed E-state index contributed by atoms with van der Waals surface area (Å²) >= 11 is 1.52. The molecule has 0 atom stereocenters. The van der Waals surface area contributed by atoms with E-state index in [0.29, 0.717) is 18.1 Å². The fourth-order valence-electron chi connectivity index (χ4n) is 1.76. The van der Waals surface area contributed by atoms with Crippen LogP contribution in [0.25, 0.3) is 0 Å². The van der Waals surface area contributed by atoms with Crippen molar-refractivity contribution < 1.29 is 4.79 Å². The molecule has 0 aliphatic carbocycles. The molecule has 0 spiro atoms. The van der Waals surface area contributed by atoms with Gasteiger partial charge in [0.1, 0.15) is 11.5 Å². The molecule has 0 aliphatic heterocycles. The monoisotopic (exact) mass is 290 g/mol. The Kier molecular flexibility index (Phi) is 4.68. The van der Waals surface area contributed by atoms with Gasteiger partial charge in [-0.25, -0.2) is 9.97 Å². The third-order valence-electron chi connectivity index (χ3n) is 2.63. The molecule has 20 heavy (non-hydrogen) atoms. The van der Waals surface area contributed by atoms with E-state index in [1.54, 1.807) is 23.5 Å². The Labute approximate surface area is 122 Å². The van der Waals surface area contributed by atoms with Gasteiger partial charge in [-0.2, -0.15) is 0 Å². The average Bonchev–Trinajstić information content (AvgIpc) is 2.90. The van der Waals surface area contributed by atoms with Crippen molar-refractivity contribution in [1.82, 2.24) is 14.9 Å². The first kappa shape index (κ1) is 14.5. The summed E-state index contributed by atoms with van der Waals surface area (Å²) in [6.45, 7) is 4.56. The van der Waals surface area contributed by atoms with Crippen LogP contribution in [-0.4, -0.2) is 33.9 Å². The van der Waals surface area contributed by atoms with E-state index in [-0.39, 0.29) is 11.9 Å². The van der Waals surface area contributed by atoms with E-state index in [1.165, 1.54) is 11.3 Å². The van der Waals surface area contributed by atoms with E-state index in [4.69, 9.17) is 0 Å². The highest BCUT2D eigenvalue weighted by atomic mass is 32.1. The maximum absolute atomic E-state index is 12.3. The molecule has 0 aromatic carbocycles. The van der Waals surface area contributed by atoms with Crippen molar-refractivity contribution in [3.8, 4) is 0 Å². The van der Waals surface area contributed by atoms with Crippen molar-refractivity contribution in [2.45, 2.75) is 26.4 Å². The zero-order valence-electron chi connectivity index (χ0n) is 11.8. The van der Waals surface area contributed by atoms with Gasteiger partial charge in [0.05, 0.1) is 17.7 Å². The Morgan fingerprint density at radius 3 is 2.90 bits per heavy atom. The lowest BCUT2D eigenvalue weighted by molar-refractivity contribution is 0.0778. The Morgan fingerprint density at radius 1 is 1.45 bits per heavy atom. The van der Waals surface area contributed by atoms with Crippen LogP contribution in [0, 0.1) is 0 Å². The van der Waals surface area contributed by atoms with Crippen molar-refractivity contribution in [2.75, 3.05) is 12.4 Å². The number of hydrogen-bond acceptors (Lipinski definition) is 5. The van der Waals surface area contributed by atoms with Gasteiger partial charge in [0.2, 0.25) is 0 Å². The number of aromatic nitrogens is 2. The number of nitrogens with zero attached hydrogens (tertiary/aromatic N) is 3. The van der Waals surface area contributed by atoms with Gasteiger partial charge < -0.3 is 10.2 Å². The molecular weight excluding hydrogens is 272 g/mol. The molecule has 1 N–H and O–H groups in total. The lowest BCUT2D eigenvalue weighted by Gasteiger charge is -2.16. The largest absolute Gasteiger partial charge is 0.368 e. The predicted molar refractivity (Wildman–Crippen MR) is 80.9 cm³/mol. The second-order valence-electron chi connectivity index (χ2n) is 4.85. The normalized spacial score (nSPS) is 10.6. The molecule has 0 saturated carbocycles. The highest BCUT2D eigenvalue weighted by Gasteiger charge is 2.14. The summed E-state index contributed by atoms with van der Waals surface area (Å²) in [6.07, 6.45) is 0. The molecule has 2 aromatic rings. The Hall–Kier alpha value is -1.95. The van der Waals surface area contributed by atoms with Crippen molar-refractivity contribution in [2.24, 2.45) is 0 Å². The van der Waals surface area contributed by atoms with Crippen LogP contribution in [0.15, 0.2) is 29.1 Å². The molecule has 6 heteroatoms. The number of thiazole rings is 1. The minimum Gasteiger partial charge on any atom is -0.368 e. The van der Waals surface area contributed by atoms with Gasteiger partial charge in [-0.15, -0.1) is 11.3 Å². The van der Waals surface area contributed by atoms with Gasteiger partial charge in [0.15, 0.2) is 0 Å². The fourth-order valence-corrected chi connectivity index (χ4v) is 2.31. The zero-order valence-corrected chi connectivity index (χ0v) is 12.6. The molecule has 0 unspecified atom stereocenters. The number of nitrogens with one attached hydrogen (secondary N) is 1. The number of carbonyl (C=O) groups excluding carboxylic acids is 1. The summed E-state index contributed by atoms with van der Waals surface area (Å²) in [5.74, 6) is 0.610. The smallest absolute Gasteiger partial charge is 0.272 e. The minimum atomic E-state index is -0.106. The highest BCUT2D eigenvalue weighted by Crippen LogP contribution is 2.10. The zero-order chi connectivity index (χ0) is 14.5. The maximum atomic E-state index is 12.3. The van der Waals surface area contributed by atoms with Crippen LogP contribution in [-0.2, 0) is 6.54 Å². The second kappa shape index (κ2) is 6.47. The van der Waals surface area contributed by atoms with Crippen LogP contribution in [0.4, 0.5) is 5.82 Å². The molecule has 106 valence electrons. The predicted octanol–water partition coefficient (Wildman–Crippen LogP) is 2.63. The topological polar surface area (TPSA) is 58.1 Å². The summed E-state index contributed by atoms with van der Waals surface area (Å²) in [4.78, 5) is 22.5. The highest BCUT2D eigenvalue weighted by molar-refractivity contribution is 7.07. The molecular formula is C14H18N4OS. The minimum absolute atomic E-state index is 0.106. The average molecular weight is 290 g/mol. The molecule has 2 aromatic heterocycles. The molecule has 0 bridgehead atoms. The number of pyridine rings is 1. The quantitative estimate of drug-likeness (QED) is 0.919. The van der Waals surface area contributed by atoms with Crippen molar-refractivity contribution >= 4 is 23.1 Å². The van der Waals surface area contributed by atoms with Crippen molar-refractivity contribution in [1.29, 1.82) is 0 Å².